The number of epoxide rings is 1. The summed E-state index contributed by atoms with van der Waals surface area (Å²) in [6, 6.07) is 0. The Hall–Kier alpha value is -1.97. The van der Waals surface area contributed by atoms with Gasteiger partial charge in [-0.25, -0.2) is 4.79 Å². The quantitative estimate of drug-likeness (QED) is 0.472. The molecule has 2 spiro atoms. The van der Waals surface area contributed by atoms with E-state index in [-0.39, 0.29) is 12.3 Å². The largest absolute Gasteiger partial charge is 0.372 e. The van der Waals surface area contributed by atoms with E-state index in [1.54, 1.807) is 9.96 Å². The zero-order valence-electron chi connectivity index (χ0n) is 19.6. The molecule has 1 amide bonds. The first-order chi connectivity index (χ1) is 15.5. The van der Waals surface area contributed by atoms with Crippen LogP contribution in [0.3, 0.4) is 0 Å². The molecule has 3 fully saturated rings. The number of rotatable bonds is 10. The molecule has 9 heteroatoms. The average molecular weight is 450 g/mol. The van der Waals surface area contributed by atoms with Crippen molar-refractivity contribution in [2.45, 2.75) is 83.1 Å². The third-order valence-corrected chi connectivity index (χ3v) is 6.36. The summed E-state index contributed by atoms with van der Waals surface area (Å²) in [5.41, 5.74) is -1.34. The SMILES string of the molecule is CCC/N=C1/N(CCC)C(=O)C2=C[C@@]3(CO3)[C@@H](OCCC)[C@@H](OCCC)[C@@]23CC(=O)ON13. The lowest BCUT2D eigenvalue weighted by Gasteiger charge is -2.53. The fourth-order valence-electron chi connectivity index (χ4n) is 4.91. The standard InChI is InChI=1S/C23H35N3O6/c1-5-9-24-21-25(10-6-2)20(28)16-13-22(15-31-22)18(29-11-7-3)19(30-12-8-4)23(16)14-17(27)32-26(21)23/h13,18-19H,5-12,14-15H2,1-4H3/b24-21-/t18-,19+,22+,23+/m0/s1. The van der Waals surface area contributed by atoms with E-state index >= 15 is 0 Å². The molecule has 0 unspecified atom stereocenters. The van der Waals surface area contributed by atoms with Gasteiger partial charge in [0.05, 0.1) is 13.0 Å². The molecule has 1 aliphatic carbocycles. The van der Waals surface area contributed by atoms with Crippen LogP contribution >= 0.6 is 0 Å². The van der Waals surface area contributed by atoms with Crippen LogP contribution in [0.2, 0.25) is 0 Å². The maximum atomic E-state index is 13.9. The first kappa shape index (κ1) is 23.2. The first-order valence-corrected chi connectivity index (χ1v) is 12.0. The number of amides is 1. The fraction of sp³-hybridized carbons (Fsp3) is 0.783. The topological polar surface area (TPSA) is 93.2 Å². The van der Waals surface area contributed by atoms with Crippen LogP contribution in [0.15, 0.2) is 16.6 Å². The normalized spacial score (nSPS) is 34.6. The second-order valence-electron chi connectivity index (χ2n) is 8.88. The van der Waals surface area contributed by atoms with E-state index in [9.17, 15) is 9.59 Å². The highest BCUT2D eigenvalue weighted by molar-refractivity contribution is 6.12. The summed E-state index contributed by atoms with van der Waals surface area (Å²) in [4.78, 5) is 38.7. The second-order valence-corrected chi connectivity index (χ2v) is 8.88. The summed E-state index contributed by atoms with van der Waals surface area (Å²) in [5.74, 6) is -0.183. The summed E-state index contributed by atoms with van der Waals surface area (Å²) >= 11 is 0. The van der Waals surface area contributed by atoms with Gasteiger partial charge in [0.2, 0.25) is 5.96 Å². The lowest BCUT2D eigenvalue weighted by Crippen LogP contribution is -2.73. The monoisotopic (exact) mass is 449 g/mol. The van der Waals surface area contributed by atoms with E-state index in [1.807, 2.05) is 33.8 Å². The Bertz CT molecular complexity index is 808. The van der Waals surface area contributed by atoms with Gasteiger partial charge in [0, 0.05) is 31.9 Å². The van der Waals surface area contributed by atoms with E-state index in [2.05, 4.69) is 4.99 Å². The Balaban J connectivity index is 1.88. The van der Waals surface area contributed by atoms with Gasteiger partial charge >= 0.3 is 5.97 Å². The third-order valence-electron chi connectivity index (χ3n) is 6.36. The van der Waals surface area contributed by atoms with E-state index in [1.165, 1.54) is 0 Å². The molecule has 0 aromatic carbocycles. The van der Waals surface area contributed by atoms with Crippen LogP contribution in [0, 0.1) is 0 Å². The van der Waals surface area contributed by atoms with Crippen molar-refractivity contribution in [1.82, 2.24) is 9.96 Å². The number of guanidine groups is 1. The van der Waals surface area contributed by atoms with Gasteiger partial charge in [-0.15, -0.1) is 0 Å². The predicted octanol–water partition coefficient (Wildman–Crippen LogP) is 2.21. The second kappa shape index (κ2) is 9.11. The molecular formula is C23H35N3O6. The molecular weight excluding hydrogens is 414 g/mol. The van der Waals surface area contributed by atoms with Crippen molar-refractivity contribution in [2.75, 3.05) is 32.9 Å². The van der Waals surface area contributed by atoms with Crippen molar-refractivity contribution in [3.63, 3.8) is 0 Å². The summed E-state index contributed by atoms with van der Waals surface area (Å²) in [6.45, 7) is 10.6. The Labute approximate surface area is 189 Å². The van der Waals surface area contributed by atoms with Crippen LogP contribution in [0.4, 0.5) is 0 Å². The number of carbonyl (C=O) groups is 2. The van der Waals surface area contributed by atoms with Crippen LogP contribution in [0.5, 0.6) is 0 Å². The zero-order valence-corrected chi connectivity index (χ0v) is 19.6. The number of nitrogens with zero attached hydrogens (tertiary/aromatic N) is 3. The van der Waals surface area contributed by atoms with Gasteiger partial charge in [0.1, 0.15) is 17.8 Å². The number of ether oxygens (including phenoxy) is 3. The van der Waals surface area contributed by atoms with Gasteiger partial charge < -0.3 is 19.0 Å². The maximum Gasteiger partial charge on any atom is 0.335 e. The van der Waals surface area contributed by atoms with Gasteiger partial charge in [-0.05, 0) is 31.8 Å². The number of hydrogen-bond donors (Lipinski definition) is 0. The lowest BCUT2D eigenvalue weighted by atomic mass is 9.69. The average Bonchev–Trinajstić information content (AvgIpc) is 3.47. The molecule has 3 heterocycles. The Kier molecular flexibility index (Phi) is 6.61. The molecule has 0 aromatic rings. The van der Waals surface area contributed by atoms with Crippen LogP contribution in [-0.2, 0) is 28.6 Å². The highest BCUT2D eigenvalue weighted by Gasteiger charge is 2.73. The van der Waals surface area contributed by atoms with Gasteiger partial charge in [0.15, 0.2) is 5.54 Å². The van der Waals surface area contributed by atoms with Crippen LogP contribution in [-0.4, -0.2) is 84.1 Å². The number of hydrogen-bond acceptors (Lipinski definition) is 7. The minimum atomic E-state index is -1.12. The molecule has 4 rings (SSSR count). The van der Waals surface area contributed by atoms with Gasteiger partial charge in [-0.1, -0.05) is 27.7 Å². The minimum Gasteiger partial charge on any atom is -0.372 e. The smallest absolute Gasteiger partial charge is 0.335 e. The van der Waals surface area contributed by atoms with Crippen molar-refractivity contribution in [1.29, 1.82) is 0 Å². The molecule has 4 aliphatic rings. The van der Waals surface area contributed by atoms with Crippen molar-refractivity contribution in [2.24, 2.45) is 4.99 Å². The number of hydroxylamine groups is 2. The Morgan fingerprint density at radius 1 is 1.06 bits per heavy atom. The fourth-order valence-corrected chi connectivity index (χ4v) is 4.91. The summed E-state index contributed by atoms with van der Waals surface area (Å²) < 4.78 is 18.6. The Morgan fingerprint density at radius 3 is 2.34 bits per heavy atom. The summed E-state index contributed by atoms with van der Waals surface area (Å²) in [7, 11) is 0. The molecule has 0 bridgehead atoms. The van der Waals surface area contributed by atoms with Crippen molar-refractivity contribution in [3.8, 4) is 0 Å². The molecule has 0 aromatic heterocycles. The maximum absolute atomic E-state index is 13.9. The van der Waals surface area contributed by atoms with Crippen LogP contribution < -0.4 is 0 Å². The molecule has 0 N–H and O–H groups in total. The number of carbonyl (C=O) groups excluding carboxylic acids is 2. The molecule has 0 radical (unpaired) electrons. The van der Waals surface area contributed by atoms with Crippen molar-refractivity contribution < 1.29 is 28.6 Å². The van der Waals surface area contributed by atoms with Crippen molar-refractivity contribution >= 4 is 17.8 Å². The third kappa shape index (κ3) is 3.54. The molecule has 9 nitrogen and oxygen atoms in total. The van der Waals surface area contributed by atoms with E-state index in [0.717, 1.165) is 25.7 Å². The van der Waals surface area contributed by atoms with E-state index < -0.39 is 29.3 Å². The van der Waals surface area contributed by atoms with Crippen LogP contribution in [0.1, 0.15) is 59.8 Å². The summed E-state index contributed by atoms with van der Waals surface area (Å²) in [5, 5.41) is 1.55. The molecule has 0 saturated carbocycles. The predicted molar refractivity (Wildman–Crippen MR) is 117 cm³/mol. The van der Waals surface area contributed by atoms with E-state index in [4.69, 9.17) is 19.0 Å². The van der Waals surface area contributed by atoms with E-state index in [0.29, 0.717) is 44.4 Å². The first-order valence-electron chi connectivity index (χ1n) is 12.0. The zero-order chi connectivity index (χ0) is 22.9. The number of aliphatic imine (C=N–C) groups is 1. The van der Waals surface area contributed by atoms with Gasteiger partial charge in [-0.3, -0.25) is 14.7 Å². The van der Waals surface area contributed by atoms with Gasteiger partial charge in [0.25, 0.3) is 5.91 Å². The minimum absolute atomic E-state index is 0.00608. The van der Waals surface area contributed by atoms with Crippen LogP contribution in [0.25, 0.3) is 0 Å². The van der Waals surface area contributed by atoms with Crippen molar-refractivity contribution in [3.05, 3.63) is 11.6 Å². The highest BCUT2D eigenvalue weighted by Crippen LogP contribution is 2.54. The lowest BCUT2D eigenvalue weighted by molar-refractivity contribution is -0.200. The molecule has 4 atom stereocenters. The molecule has 3 aliphatic heterocycles. The Morgan fingerprint density at radius 2 is 1.75 bits per heavy atom. The molecule has 3 saturated heterocycles. The molecule has 32 heavy (non-hydrogen) atoms. The highest BCUT2D eigenvalue weighted by atomic mass is 16.7. The van der Waals surface area contributed by atoms with Gasteiger partial charge in [-0.2, -0.15) is 5.06 Å². The molecule has 178 valence electrons. The summed E-state index contributed by atoms with van der Waals surface area (Å²) in [6.07, 6.45) is 4.00.